The highest BCUT2D eigenvalue weighted by molar-refractivity contribution is 6.30. The molecule has 0 aromatic heterocycles. The maximum absolute atomic E-state index is 12.5. The lowest BCUT2D eigenvalue weighted by atomic mass is 10.0. The molecule has 1 saturated heterocycles. The molecule has 4 nitrogen and oxygen atoms in total. The van der Waals surface area contributed by atoms with Crippen LogP contribution in [0.1, 0.15) is 28.4 Å². The van der Waals surface area contributed by atoms with E-state index in [2.05, 4.69) is 11.4 Å². The Balaban J connectivity index is 1.36. The van der Waals surface area contributed by atoms with E-state index in [0.29, 0.717) is 29.7 Å². The molecule has 6 heteroatoms. The van der Waals surface area contributed by atoms with Crippen LogP contribution in [-0.2, 0) is 11.3 Å². The van der Waals surface area contributed by atoms with E-state index in [1.54, 1.807) is 4.90 Å². The van der Waals surface area contributed by atoms with Crippen molar-refractivity contribution in [1.82, 2.24) is 10.2 Å². The van der Waals surface area contributed by atoms with Gasteiger partial charge >= 0.3 is 6.03 Å². The molecule has 1 aliphatic rings. The van der Waals surface area contributed by atoms with Gasteiger partial charge < -0.3 is 15.0 Å². The van der Waals surface area contributed by atoms with Crippen LogP contribution in [-0.4, -0.2) is 30.1 Å². The number of hydrogen-bond acceptors (Lipinski definition) is 2. The van der Waals surface area contributed by atoms with Gasteiger partial charge in [0.25, 0.3) is 0 Å². The van der Waals surface area contributed by atoms with E-state index in [0.717, 1.165) is 16.7 Å². The molecule has 3 aromatic carbocycles. The smallest absolute Gasteiger partial charge is 0.317 e. The molecular formula is C25H24Cl2N2O2. The largest absolute Gasteiger partial charge is 0.362 e. The molecule has 0 unspecified atom stereocenters. The van der Waals surface area contributed by atoms with Gasteiger partial charge in [-0.15, -0.1) is 0 Å². The van der Waals surface area contributed by atoms with E-state index in [1.807, 2.05) is 73.7 Å². The number of aryl methyl sites for hydroxylation is 1. The minimum Gasteiger partial charge on any atom is -0.362 e. The first-order chi connectivity index (χ1) is 15.0. The number of nitrogens with zero attached hydrogens (tertiary/aromatic N) is 1. The SMILES string of the molecule is Cc1cccc(CNC(=O)N2CC(OC(c3ccc(Cl)cc3)c3ccc(Cl)cc3)C2)c1. The molecule has 3 aromatic rings. The number of ether oxygens (including phenoxy) is 1. The first-order valence-corrected chi connectivity index (χ1v) is 11.0. The zero-order valence-electron chi connectivity index (χ0n) is 17.2. The van der Waals surface area contributed by atoms with Crippen molar-refractivity contribution >= 4 is 29.2 Å². The van der Waals surface area contributed by atoms with E-state index in [9.17, 15) is 4.79 Å². The molecular weight excluding hydrogens is 431 g/mol. The van der Waals surface area contributed by atoms with Crippen LogP contribution >= 0.6 is 23.2 Å². The predicted molar refractivity (Wildman–Crippen MR) is 125 cm³/mol. The van der Waals surface area contributed by atoms with Crippen LogP contribution < -0.4 is 5.32 Å². The normalized spacial score (nSPS) is 13.9. The van der Waals surface area contributed by atoms with Gasteiger partial charge in [0.15, 0.2) is 0 Å². The number of likely N-dealkylation sites (tertiary alicyclic amines) is 1. The lowest BCUT2D eigenvalue weighted by Gasteiger charge is -2.40. The van der Waals surface area contributed by atoms with Crippen LogP contribution in [0.2, 0.25) is 10.0 Å². The molecule has 4 rings (SSSR count). The molecule has 0 saturated carbocycles. The first-order valence-electron chi connectivity index (χ1n) is 10.2. The summed E-state index contributed by atoms with van der Waals surface area (Å²) >= 11 is 12.1. The van der Waals surface area contributed by atoms with E-state index in [-0.39, 0.29) is 18.2 Å². The molecule has 1 N–H and O–H groups in total. The van der Waals surface area contributed by atoms with E-state index >= 15 is 0 Å². The molecule has 0 radical (unpaired) electrons. The first kappa shape index (κ1) is 21.7. The molecule has 1 fully saturated rings. The van der Waals surface area contributed by atoms with Gasteiger partial charge in [-0.3, -0.25) is 0 Å². The van der Waals surface area contributed by atoms with Crippen molar-refractivity contribution in [2.75, 3.05) is 13.1 Å². The third-order valence-electron chi connectivity index (χ3n) is 5.34. The molecule has 0 aliphatic carbocycles. The maximum Gasteiger partial charge on any atom is 0.317 e. The Morgan fingerprint density at radius 2 is 1.58 bits per heavy atom. The van der Waals surface area contributed by atoms with Crippen LogP contribution in [0, 0.1) is 6.92 Å². The monoisotopic (exact) mass is 454 g/mol. The minimum absolute atomic E-state index is 0.0407. The Kier molecular flexibility index (Phi) is 6.81. The molecule has 160 valence electrons. The molecule has 0 atom stereocenters. The summed E-state index contributed by atoms with van der Waals surface area (Å²) in [5.74, 6) is 0. The summed E-state index contributed by atoms with van der Waals surface area (Å²) in [5, 5.41) is 4.34. The standard InChI is InChI=1S/C25H24Cl2N2O2/c1-17-3-2-4-18(13-17)14-28-25(30)29-15-23(16-29)31-24(19-5-9-21(26)10-6-19)20-7-11-22(27)12-8-20/h2-13,23-24H,14-16H2,1H3,(H,28,30). The molecule has 1 heterocycles. The maximum atomic E-state index is 12.5. The average Bonchev–Trinajstić information content (AvgIpc) is 2.73. The number of urea groups is 1. The number of hydrogen-bond donors (Lipinski definition) is 1. The Bertz CT molecular complexity index is 987. The van der Waals surface area contributed by atoms with E-state index in [1.165, 1.54) is 5.56 Å². The zero-order chi connectivity index (χ0) is 21.8. The van der Waals surface area contributed by atoms with Crippen LogP contribution in [0.25, 0.3) is 0 Å². The fourth-order valence-corrected chi connectivity index (χ4v) is 3.87. The molecule has 2 amide bonds. The van der Waals surface area contributed by atoms with E-state index in [4.69, 9.17) is 27.9 Å². The lowest BCUT2D eigenvalue weighted by molar-refractivity contribution is -0.0645. The molecule has 0 bridgehead atoms. The number of halogens is 2. The van der Waals surface area contributed by atoms with Crippen LogP contribution in [0.5, 0.6) is 0 Å². The third-order valence-corrected chi connectivity index (χ3v) is 5.84. The van der Waals surface area contributed by atoms with Crippen molar-refractivity contribution in [1.29, 1.82) is 0 Å². The summed E-state index contributed by atoms with van der Waals surface area (Å²) in [6.07, 6.45) is -0.293. The van der Waals surface area contributed by atoms with Crippen molar-refractivity contribution in [2.24, 2.45) is 0 Å². The second-order valence-corrected chi connectivity index (χ2v) is 8.67. The number of carbonyl (C=O) groups excluding carboxylic acids is 1. The Morgan fingerprint density at radius 3 is 2.13 bits per heavy atom. The van der Waals surface area contributed by atoms with Gasteiger partial charge in [0.2, 0.25) is 0 Å². The molecule has 0 spiro atoms. The highest BCUT2D eigenvalue weighted by atomic mass is 35.5. The number of amides is 2. The number of benzene rings is 3. The summed E-state index contributed by atoms with van der Waals surface area (Å²) in [6, 6.07) is 23.3. The fraction of sp³-hybridized carbons (Fsp3) is 0.240. The fourth-order valence-electron chi connectivity index (χ4n) is 3.62. The average molecular weight is 455 g/mol. The second kappa shape index (κ2) is 9.73. The van der Waals surface area contributed by atoms with Crippen molar-refractivity contribution in [3.8, 4) is 0 Å². The quantitative estimate of drug-likeness (QED) is 0.495. The highest BCUT2D eigenvalue weighted by Gasteiger charge is 2.34. The minimum atomic E-state index is -0.253. The number of carbonyl (C=O) groups is 1. The summed E-state index contributed by atoms with van der Waals surface area (Å²) < 4.78 is 6.39. The Morgan fingerprint density at radius 1 is 1.00 bits per heavy atom. The summed E-state index contributed by atoms with van der Waals surface area (Å²) in [4.78, 5) is 14.2. The summed E-state index contributed by atoms with van der Waals surface area (Å²) in [7, 11) is 0. The lowest BCUT2D eigenvalue weighted by Crippen LogP contribution is -2.57. The van der Waals surface area contributed by atoms with Crippen LogP contribution in [0.4, 0.5) is 4.79 Å². The van der Waals surface area contributed by atoms with Gasteiger partial charge in [-0.25, -0.2) is 4.79 Å². The van der Waals surface area contributed by atoms with E-state index < -0.39 is 0 Å². The van der Waals surface area contributed by atoms with Crippen LogP contribution in [0.3, 0.4) is 0 Å². The van der Waals surface area contributed by atoms with Gasteiger partial charge in [0, 0.05) is 16.6 Å². The van der Waals surface area contributed by atoms with Crippen molar-refractivity contribution in [3.05, 3.63) is 105 Å². The van der Waals surface area contributed by atoms with Crippen molar-refractivity contribution < 1.29 is 9.53 Å². The molecule has 31 heavy (non-hydrogen) atoms. The van der Waals surface area contributed by atoms with Gasteiger partial charge in [0.1, 0.15) is 6.10 Å². The Labute approximate surface area is 192 Å². The van der Waals surface area contributed by atoms with Gasteiger partial charge in [-0.05, 0) is 47.9 Å². The van der Waals surface area contributed by atoms with Gasteiger partial charge in [-0.2, -0.15) is 0 Å². The van der Waals surface area contributed by atoms with Gasteiger partial charge in [-0.1, -0.05) is 77.3 Å². The van der Waals surface area contributed by atoms with Crippen LogP contribution in [0.15, 0.2) is 72.8 Å². The predicted octanol–water partition coefficient (Wildman–Crippen LogP) is 6.00. The number of rotatable bonds is 6. The van der Waals surface area contributed by atoms with Gasteiger partial charge in [0.05, 0.1) is 19.2 Å². The summed E-state index contributed by atoms with van der Waals surface area (Å²) in [6.45, 7) is 3.66. The highest BCUT2D eigenvalue weighted by Crippen LogP contribution is 2.31. The topological polar surface area (TPSA) is 41.6 Å². The molecule has 1 aliphatic heterocycles. The Hall–Kier alpha value is -2.53. The number of nitrogens with one attached hydrogen (secondary N) is 1. The zero-order valence-corrected chi connectivity index (χ0v) is 18.7. The van der Waals surface area contributed by atoms with Crippen molar-refractivity contribution in [3.63, 3.8) is 0 Å². The second-order valence-electron chi connectivity index (χ2n) is 7.79. The summed E-state index contributed by atoms with van der Waals surface area (Å²) in [5.41, 5.74) is 4.29. The van der Waals surface area contributed by atoms with Crippen molar-refractivity contribution in [2.45, 2.75) is 25.7 Å². The third kappa shape index (κ3) is 5.59.